The van der Waals surface area contributed by atoms with Crippen LogP contribution in [0.15, 0.2) is 40.0 Å². The van der Waals surface area contributed by atoms with E-state index in [4.69, 9.17) is 9.15 Å². The van der Waals surface area contributed by atoms with E-state index >= 15 is 0 Å². The minimum Gasteiger partial charge on any atom is -0.445 e. The number of hydrogen-bond donors (Lipinski definition) is 2. The third-order valence-electron chi connectivity index (χ3n) is 4.90. The Morgan fingerprint density at radius 3 is 2.42 bits per heavy atom. The van der Waals surface area contributed by atoms with Crippen molar-refractivity contribution in [3.63, 3.8) is 0 Å². The van der Waals surface area contributed by atoms with Crippen LogP contribution in [0.1, 0.15) is 50.4 Å². The number of halogens is 1. The van der Waals surface area contributed by atoms with Gasteiger partial charge in [-0.3, -0.25) is 9.59 Å². The molecular formula is C24H36ClN5O5S. The Labute approximate surface area is 222 Å². The Hall–Kier alpha value is -2.63. The van der Waals surface area contributed by atoms with E-state index in [0.717, 1.165) is 17.9 Å². The highest BCUT2D eigenvalue weighted by Crippen LogP contribution is 2.19. The highest BCUT2D eigenvalue weighted by molar-refractivity contribution is 7.99. The molecule has 12 heteroatoms. The van der Waals surface area contributed by atoms with Gasteiger partial charge in [-0.1, -0.05) is 55.9 Å². The van der Waals surface area contributed by atoms with Crippen molar-refractivity contribution < 1.29 is 23.5 Å². The lowest BCUT2D eigenvalue weighted by Gasteiger charge is -2.27. The summed E-state index contributed by atoms with van der Waals surface area (Å²) in [5.41, 5.74) is -0.502. The fourth-order valence-corrected chi connectivity index (χ4v) is 3.87. The Bertz CT molecular complexity index is 984. The van der Waals surface area contributed by atoms with E-state index in [1.54, 1.807) is 13.8 Å². The van der Waals surface area contributed by atoms with Gasteiger partial charge in [-0.15, -0.1) is 22.6 Å². The maximum Gasteiger partial charge on any atom is 0.408 e. The minimum atomic E-state index is -1.33. The molecule has 1 heterocycles. The summed E-state index contributed by atoms with van der Waals surface area (Å²) in [6.45, 7) is 7.87. The molecule has 200 valence electrons. The molecule has 0 saturated carbocycles. The molecule has 0 fully saturated rings. The number of ketones is 1. The second-order valence-corrected chi connectivity index (χ2v) is 10.4. The van der Waals surface area contributed by atoms with Crippen molar-refractivity contribution in [1.29, 1.82) is 0 Å². The zero-order valence-corrected chi connectivity index (χ0v) is 23.2. The van der Waals surface area contributed by atoms with Crippen LogP contribution in [0.2, 0.25) is 0 Å². The Kier molecular flexibility index (Phi) is 12.9. The lowest BCUT2D eigenvalue weighted by atomic mass is 9.96. The van der Waals surface area contributed by atoms with Crippen LogP contribution in [-0.2, 0) is 16.1 Å². The van der Waals surface area contributed by atoms with Crippen molar-refractivity contribution in [2.45, 2.75) is 57.5 Å². The molecule has 2 rings (SSSR count). The van der Waals surface area contributed by atoms with Gasteiger partial charge >= 0.3 is 6.09 Å². The molecule has 0 radical (unpaired) electrons. The molecule has 2 N–H and O–H groups in total. The van der Waals surface area contributed by atoms with Crippen LogP contribution >= 0.6 is 24.2 Å². The first kappa shape index (κ1) is 31.4. The van der Waals surface area contributed by atoms with Gasteiger partial charge in [0.2, 0.25) is 11.7 Å². The van der Waals surface area contributed by atoms with E-state index in [0.29, 0.717) is 6.42 Å². The maximum absolute atomic E-state index is 13.0. The van der Waals surface area contributed by atoms with Gasteiger partial charge in [0, 0.05) is 12.3 Å². The number of hydrogen-bond acceptors (Lipinski definition) is 9. The van der Waals surface area contributed by atoms with Crippen LogP contribution in [-0.4, -0.2) is 70.9 Å². The molecule has 0 spiro atoms. The van der Waals surface area contributed by atoms with Crippen LogP contribution in [0.4, 0.5) is 4.79 Å². The van der Waals surface area contributed by atoms with Crippen molar-refractivity contribution in [2.24, 2.45) is 5.92 Å². The number of carbonyl (C=O) groups is 3. The minimum absolute atomic E-state index is 0. The zero-order valence-electron chi connectivity index (χ0n) is 21.6. The van der Waals surface area contributed by atoms with Crippen molar-refractivity contribution in [3.05, 3.63) is 41.8 Å². The molecule has 0 bridgehead atoms. The number of thioether (sulfide) groups is 1. The van der Waals surface area contributed by atoms with E-state index in [2.05, 4.69) is 20.8 Å². The summed E-state index contributed by atoms with van der Waals surface area (Å²) < 4.78 is 10.7. The Morgan fingerprint density at radius 1 is 1.14 bits per heavy atom. The lowest BCUT2D eigenvalue weighted by molar-refractivity contribution is -0.124. The third-order valence-corrected chi connectivity index (χ3v) is 5.70. The van der Waals surface area contributed by atoms with E-state index in [1.807, 2.05) is 63.2 Å². The van der Waals surface area contributed by atoms with Crippen molar-refractivity contribution in [3.8, 4) is 0 Å². The molecule has 1 atom stereocenters. The van der Waals surface area contributed by atoms with Gasteiger partial charge in [-0.05, 0) is 45.8 Å². The van der Waals surface area contributed by atoms with Gasteiger partial charge in [0.15, 0.2) is 0 Å². The van der Waals surface area contributed by atoms with E-state index < -0.39 is 29.4 Å². The smallest absolute Gasteiger partial charge is 0.408 e. The SMILES string of the molecule is CC(C)C[C@H](NC(=O)OCc1ccccc1)C(=O)NC(C)(C)C(=O)c1nnc(SCCN(C)C)o1.Cl. The summed E-state index contributed by atoms with van der Waals surface area (Å²) in [6, 6.07) is 8.35. The van der Waals surface area contributed by atoms with Crippen molar-refractivity contribution >= 4 is 42.0 Å². The van der Waals surface area contributed by atoms with E-state index in [9.17, 15) is 14.4 Å². The van der Waals surface area contributed by atoms with Crippen LogP contribution in [0.5, 0.6) is 0 Å². The Morgan fingerprint density at radius 2 is 1.81 bits per heavy atom. The molecule has 0 unspecified atom stereocenters. The van der Waals surface area contributed by atoms with Gasteiger partial charge in [-0.2, -0.15) is 0 Å². The molecule has 0 saturated heterocycles. The number of carbonyl (C=O) groups excluding carboxylic acids is 3. The summed E-state index contributed by atoms with van der Waals surface area (Å²) in [5.74, 6) is -0.372. The second kappa shape index (κ2) is 14.8. The van der Waals surface area contributed by atoms with Crippen LogP contribution < -0.4 is 10.6 Å². The number of aromatic nitrogens is 2. The summed E-state index contributed by atoms with van der Waals surface area (Å²) >= 11 is 1.35. The zero-order chi connectivity index (χ0) is 26.0. The monoisotopic (exact) mass is 541 g/mol. The molecular weight excluding hydrogens is 506 g/mol. The first-order valence-corrected chi connectivity index (χ1v) is 12.4. The predicted octanol–water partition coefficient (Wildman–Crippen LogP) is 3.56. The second-order valence-electron chi connectivity index (χ2n) is 9.36. The van der Waals surface area contributed by atoms with Crippen LogP contribution in [0.3, 0.4) is 0 Å². The molecule has 36 heavy (non-hydrogen) atoms. The van der Waals surface area contributed by atoms with Crippen molar-refractivity contribution in [1.82, 2.24) is 25.7 Å². The maximum atomic E-state index is 13.0. The van der Waals surface area contributed by atoms with Gasteiger partial charge in [-0.25, -0.2) is 4.79 Å². The van der Waals surface area contributed by atoms with Crippen molar-refractivity contribution in [2.75, 3.05) is 26.4 Å². The molecule has 1 aromatic heterocycles. The van der Waals surface area contributed by atoms with Gasteiger partial charge in [0.05, 0.1) is 0 Å². The summed E-state index contributed by atoms with van der Waals surface area (Å²) in [6.07, 6.45) is -0.348. The van der Waals surface area contributed by atoms with Gasteiger partial charge in [0.1, 0.15) is 18.2 Å². The molecule has 0 aliphatic carbocycles. The Balaban J connectivity index is 0.00000648. The first-order valence-electron chi connectivity index (χ1n) is 11.4. The van der Waals surface area contributed by atoms with E-state index in [1.165, 1.54) is 11.8 Å². The number of nitrogens with zero attached hydrogens (tertiary/aromatic N) is 3. The number of benzene rings is 1. The fourth-order valence-electron chi connectivity index (χ4n) is 3.00. The quantitative estimate of drug-likeness (QED) is 0.289. The number of rotatable bonds is 13. The number of ether oxygens (including phenoxy) is 1. The standard InChI is InChI=1S/C24H35N5O5S.ClH/c1-16(2)14-18(25-22(32)33-15-17-10-8-7-9-11-17)20(31)26-24(3,4)19(30)21-27-28-23(34-21)35-13-12-29(5)6;/h7-11,16,18H,12-15H2,1-6H3,(H,25,32)(H,26,31);1H/t18-;/m0./s1. The third kappa shape index (κ3) is 10.5. The fraction of sp³-hybridized carbons (Fsp3) is 0.542. The largest absolute Gasteiger partial charge is 0.445 e. The predicted molar refractivity (Wildman–Crippen MR) is 140 cm³/mol. The van der Waals surface area contributed by atoms with Crippen LogP contribution in [0, 0.1) is 5.92 Å². The number of amides is 2. The average molecular weight is 542 g/mol. The molecule has 0 aliphatic rings. The topological polar surface area (TPSA) is 127 Å². The normalized spacial score (nSPS) is 12.1. The first-order chi connectivity index (χ1) is 16.5. The number of nitrogens with one attached hydrogen (secondary N) is 2. The molecule has 10 nitrogen and oxygen atoms in total. The van der Waals surface area contributed by atoms with Gasteiger partial charge < -0.3 is 24.7 Å². The average Bonchev–Trinajstić information content (AvgIpc) is 3.25. The van der Waals surface area contributed by atoms with E-state index in [-0.39, 0.29) is 36.0 Å². The summed E-state index contributed by atoms with van der Waals surface area (Å²) in [4.78, 5) is 40.4. The highest BCUT2D eigenvalue weighted by atomic mass is 35.5. The van der Waals surface area contributed by atoms with Gasteiger partial charge in [0.25, 0.3) is 11.1 Å². The highest BCUT2D eigenvalue weighted by Gasteiger charge is 2.36. The lowest BCUT2D eigenvalue weighted by Crippen LogP contribution is -2.56. The number of alkyl carbamates (subject to hydrolysis) is 1. The number of Topliss-reactive ketones (excluding diaryl/α,β-unsaturated/α-hetero) is 1. The summed E-state index contributed by atoms with van der Waals surface area (Å²) in [5, 5.41) is 13.4. The molecule has 2 amide bonds. The van der Waals surface area contributed by atoms with Crippen LogP contribution in [0.25, 0.3) is 0 Å². The summed E-state index contributed by atoms with van der Waals surface area (Å²) in [7, 11) is 3.91. The molecule has 2 aromatic rings. The molecule has 0 aliphatic heterocycles. The molecule has 1 aromatic carbocycles.